The molecule has 0 saturated heterocycles. The number of hydrogen-bond acceptors (Lipinski definition) is 1. The van der Waals surface area contributed by atoms with Gasteiger partial charge in [0, 0.05) is 17.1 Å². The van der Waals surface area contributed by atoms with Gasteiger partial charge in [-0.3, -0.25) is 0 Å². The summed E-state index contributed by atoms with van der Waals surface area (Å²) >= 11 is 6.01. The van der Waals surface area contributed by atoms with Crippen LogP contribution in [-0.2, 0) is 6.42 Å². The number of benzene rings is 1. The smallest absolute Gasteiger partial charge is 0.0408 e. The zero-order valence-corrected chi connectivity index (χ0v) is 12.4. The molecule has 0 atom stereocenters. The van der Waals surface area contributed by atoms with Gasteiger partial charge in [0.25, 0.3) is 0 Å². The van der Waals surface area contributed by atoms with Crippen LogP contribution in [0.25, 0.3) is 0 Å². The van der Waals surface area contributed by atoms with Crippen molar-refractivity contribution in [2.75, 3.05) is 6.54 Å². The van der Waals surface area contributed by atoms with Crippen LogP contribution >= 0.6 is 11.6 Å². The first-order chi connectivity index (χ1) is 7.68. The second-order valence-electron chi connectivity index (χ2n) is 6.57. The minimum absolute atomic E-state index is 0.172. The van der Waals surface area contributed by atoms with E-state index in [1.54, 1.807) is 0 Å². The molecule has 0 aliphatic rings. The third-order valence-electron chi connectivity index (χ3n) is 2.67. The van der Waals surface area contributed by atoms with Gasteiger partial charge >= 0.3 is 0 Å². The lowest BCUT2D eigenvalue weighted by Gasteiger charge is -2.30. The Labute approximate surface area is 111 Å². The molecule has 0 amide bonds. The first-order valence-corrected chi connectivity index (χ1v) is 6.55. The molecular formula is C15H24ClN. The number of rotatable bonds is 4. The fourth-order valence-corrected chi connectivity index (χ4v) is 1.98. The van der Waals surface area contributed by atoms with Crippen molar-refractivity contribution in [3.05, 3.63) is 34.9 Å². The third kappa shape index (κ3) is 6.09. The van der Waals surface area contributed by atoms with Crippen molar-refractivity contribution in [3.8, 4) is 0 Å². The number of nitrogens with one attached hydrogen (secondary N) is 1. The van der Waals surface area contributed by atoms with E-state index in [-0.39, 0.29) is 11.0 Å². The van der Waals surface area contributed by atoms with Crippen LogP contribution in [-0.4, -0.2) is 12.1 Å². The highest BCUT2D eigenvalue weighted by Crippen LogP contribution is 2.23. The summed E-state index contributed by atoms with van der Waals surface area (Å²) in [5.41, 5.74) is 1.71. The number of halogens is 1. The van der Waals surface area contributed by atoms with Crippen molar-refractivity contribution >= 4 is 11.6 Å². The molecule has 0 radical (unpaired) electrons. The van der Waals surface area contributed by atoms with E-state index in [0.29, 0.717) is 0 Å². The van der Waals surface area contributed by atoms with Gasteiger partial charge < -0.3 is 5.32 Å². The van der Waals surface area contributed by atoms with E-state index in [1.165, 1.54) is 5.56 Å². The monoisotopic (exact) mass is 253 g/mol. The molecule has 1 rings (SSSR count). The van der Waals surface area contributed by atoms with E-state index in [1.807, 2.05) is 12.1 Å². The Morgan fingerprint density at radius 1 is 1.12 bits per heavy atom. The van der Waals surface area contributed by atoms with Gasteiger partial charge in [-0.05, 0) is 50.3 Å². The Morgan fingerprint density at radius 3 is 2.29 bits per heavy atom. The predicted molar refractivity (Wildman–Crippen MR) is 76.7 cm³/mol. The fourth-order valence-electron chi connectivity index (χ4n) is 1.77. The van der Waals surface area contributed by atoms with Gasteiger partial charge in [-0.2, -0.15) is 0 Å². The van der Waals surface area contributed by atoms with E-state index in [9.17, 15) is 0 Å². The van der Waals surface area contributed by atoms with Crippen LogP contribution in [0.3, 0.4) is 0 Å². The molecule has 1 nitrogen and oxygen atoms in total. The predicted octanol–water partition coefficient (Wildman–Crippen LogP) is 4.30. The zero-order chi connectivity index (χ0) is 13.1. The molecule has 0 heterocycles. The molecule has 1 aromatic carbocycles. The first kappa shape index (κ1) is 14.5. The second-order valence-corrected chi connectivity index (χ2v) is 7.01. The summed E-state index contributed by atoms with van der Waals surface area (Å²) in [5.74, 6) is 0. The van der Waals surface area contributed by atoms with E-state index in [2.05, 4.69) is 52.1 Å². The van der Waals surface area contributed by atoms with Gasteiger partial charge in [0.05, 0.1) is 0 Å². The van der Waals surface area contributed by atoms with Crippen LogP contribution in [0.4, 0.5) is 0 Å². The molecule has 0 fully saturated rings. The lowest BCUT2D eigenvalue weighted by atomic mass is 9.85. The molecule has 0 saturated carbocycles. The Kier molecular flexibility index (Phi) is 4.62. The maximum atomic E-state index is 6.01. The lowest BCUT2D eigenvalue weighted by Crippen LogP contribution is -2.42. The summed E-state index contributed by atoms with van der Waals surface area (Å²) in [6.45, 7) is 12.2. The van der Waals surface area contributed by atoms with E-state index >= 15 is 0 Å². The van der Waals surface area contributed by atoms with E-state index < -0.39 is 0 Å². The van der Waals surface area contributed by atoms with Crippen LogP contribution in [0.1, 0.15) is 40.2 Å². The van der Waals surface area contributed by atoms with Gasteiger partial charge in [0.1, 0.15) is 0 Å². The molecule has 1 N–H and O–H groups in total. The summed E-state index contributed by atoms with van der Waals surface area (Å²) in [6.07, 6.45) is 1.04. The fraction of sp³-hybridized carbons (Fsp3) is 0.600. The van der Waals surface area contributed by atoms with Crippen molar-refractivity contribution in [1.29, 1.82) is 0 Å². The van der Waals surface area contributed by atoms with E-state index in [0.717, 1.165) is 18.0 Å². The van der Waals surface area contributed by atoms with Crippen LogP contribution in [0.15, 0.2) is 24.3 Å². The average molecular weight is 254 g/mol. The normalized spacial score (nSPS) is 12.8. The third-order valence-corrected chi connectivity index (χ3v) is 2.90. The maximum Gasteiger partial charge on any atom is 0.0408 e. The summed E-state index contributed by atoms with van der Waals surface area (Å²) in [4.78, 5) is 0. The molecule has 96 valence electrons. The molecule has 2 heteroatoms. The van der Waals surface area contributed by atoms with Gasteiger partial charge in [-0.15, -0.1) is 0 Å². The summed E-state index contributed by atoms with van der Waals surface area (Å²) in [7, 11) is 0. The van der Waals surface area contributed by atoms with E-state index in [4.69, 9.17) is 11.6 Å². The molecule has 0 unspecified atom stereocenters. The zero-order valence-electron chi connectivity index (χ0n) is 11.6. The Morgan fingerprint density at radius 2 is 1.76 bits per heavy atom. The minimum atomic E-state index is 0.172. The molecular weight excluding hydrogens is 230 g/mol. The van der Waals surface area contributed by atoms with Crippen molar-refractivity contribution < 1.29 is 0 Å². The van der Waals surface area contributed by atoms with Crippen LogP contribution in [0, 0.1) is 5.41 Å². The summed E-state index contributed by atoms with van der Waals surface area (Å²) in [5, 5.41) is 4.39. The van der Waals surface area contributed by atoms with Gasteiger partial charge in [0.2, 0.25) is 0 Å². The highest BCUT2D eigenvalue weighted by atomic mass is 35.5. The average Bonchev–Trinajstić information content (AvgIpc) is 2.13. The van der Waals surface area contributed by atoms with Gasteiger partial charge in [0.15, 0.2) is 0 Å². The molecule has 0 aliphatic heterocycles. The van der Waals surface area contributed by atoms with Crippen molar-refractivity contribution in [1.82, 2.24) is 5.32 Å². The quantitative estimate of drug-likeness (QED) is 0.844. The highest BCUT2D eigenvalue weighted by molar-refractivity contribution is 6.30. The molecule has 17 heavy (non-hydrogen) atoms. The molecule has 0 aromatic heterocycles. The van der Waals surface area contributed by atoms with Crippen molar-refractivity contribution in [3.63, 3.8) is 0 Å². The minimum Gasteiger partial charge on any atom is -0.312 e. The second kappa shape index (κ2) is 5.41. The topological polar surface area (TPSA) is 12.0 Å². The largest absolute Gasteiger partial charge is 0.312 e. The Bertz CT molecular complexity index is 363. The molecule has 1 aromatic rings. The molecule has 0 spiro atoms. The lowest BCUT2D eigenvalue weighted by molar-refractivity contribution is 0.289. The van der Waals surface area contributed by atoms with Crippen molar-refractivity contribution in [2.24, 2.45) is 5.41 Å². The van der Waals surface area contributed by atoms with Crippen molar-refractivity contribution in [2.45, 2.75) is 46.6 Å². The standard InChI is InChI=1S/C15H24ClN/c1-14(2,3)17-11-15(4,5)10-12-7-6-8-13(16)9-12/h6-9,17H,10-11H2,1-5H3. The van der Waals surface area contributed by atoms with Gasteiger partial charge in [-0.1, -0.05) is 37.6 Å². The first-order valence-electron chi connectivity index (χ1n) is 6.17. The Hall–Kier alpha value is -0.530. The van der Waals surface area contributed by atoms with Crippen LogP contribution in [0.2, 0.25) is 5.02 Å². The molecule has 0 aliphatic carbocycles. The highest BCUT2D eigenvalue weighted by Gasteiger charge is 2.21. The van der Waals surface area contributed by atoms with Crippen LogP contribution < -0.4 is 5.32 Å². The van der Waals surface area contributed by atoms with Crippen LogP contribution in [0.5, 0.6) is 0 Å². The summed E-state index contributed by atoms with van der Waals surface area (Å²) < 4.78 is 0. The van der Waals surface area contributed by atoms with Gasteiger partial charge in [-0.25, -0.2) is 0 Å². The maximum absolute atomic E-state index is 6.01. The number of hydrogen-bond donors (Lipinski definition) is 1. The summed E-state index contributed by atoms with van der Waals surface area (Å²) in [6, 6.07) is 8.14. The SMILES string of the molecule is CC(C)(CNC(C)(C)C)Cc1cccc(Cl)c1. The molecule has 0 bridgehead atoms. The Balaban J connectivity index is 2.60.